The second-order valence-electron chi connectivity index (χ2n) is 18.4. The molecule has 1 aliphatic rings. The quantitative estimate of drug-likeness (QED) is 0.127. The Bertz CT molecular complexity index is 3710. The van der Waals surface area contributed by atoms with E-state index in [-0.39, 0.29) is 5.92 Å². The minimum atomic E-state index is -0.523. The molecule has 13 rings (SSSR count). The van der Waals surface area contributed by atoms with E-state index in [1.807, 2.05) is 0 Å². The van der Waals surface area contributed by atoms with Crippen LogP contribution in [0.5, 0.6) is 0 Å². The molecule has 0 amide bonds. The Balaban J connectivity index is 0.889. The molecular weight excluding hydrogens is 831 g/mol. The van der Waals surface area contributed by atoms with Crippen molar-refractivity contribution in [2.24, 2.45) is 0 Å². The normalized spacial score (nSPS) is 13.1. The molecule has 324 valence electrons. The molecule has 1 aliphatic carbocycles. The lowest BCUT2D eigenvalue weighted by Crippen LogP contribution is -2.31. The van der Waals surface area contributed by atoms with Crippen LogP contribution < -0.4 is 0 Å². The molecule has 1 heteroatoms. The zero-order chi connectivity index (χ0) is 45.7. The molecule has 1 atom stereocenters. The summed E-state index contributed by atoms with van der Waals surface area (Å²) in [5, 5.41) is 2.50. The molecule has 1 aromatic heterocycles. The second kappa shape index (κ2) is 16.8. The first-order valence-electron chi connectivity index (χ1n) is 24.0. The Kier molecular flexibility index (Phi) is 9.87. The zero-order valence-electron chi connectivity index (χ0n) is 38.1. The molecule has 0 fully saturated rings. The van der Waals surface area contributed by atoms with Crippen LogP contribution in [0.3, 0.4) is 0 Å². The Hall–Kier alpha value is -8.78. The van der Waals surface area contributed by atoms with Gasteiger partial charge in [-0.25, -0.2) is 0 Å². The van der Waals surface area contributed by atoms with Crippen molar-refractivity contribution >= 4 is 21.8 Å². The summed E-state index contributed by atoms with van der Waals surface area (Å²) in [7, 11) is 0. The fraction of sp³-hybridized carbons (Fsp3) is 0.0294. The van der Waals surface area contributed by atoms with E-state index < -0.39 is 5.41 Å². The number of benzene rings is 11. The maximum atomic E-state index is 2.48. The standard InChI is InChI=1S/C68H47N/c1-5-19-47(20-6-1)49-21-17-22-50(43-49)48-35-39-58(40-36-48)69-65-34-16-15-32-60(65)64-46-52(38-42-66(64)69)51-37-41-62-63(45-51)59-31-13-14-33-61(59)67(62)53-23-18-30-57(44-53)68(54-24-7-2-8-25-54,55-26-9-3-10-27-55)56-28-11-4-12-29-56/h1-46,67H. The Morgan fingerprint density at radius 2 is 0.754 bits per heavy atom. The van der Waals surface area contributed by atoms with Gasteiger partial charge in [0.2, 0.25) is 0 Å². The van der Waals surface area contributed by atoms with E-state index >= 15 is 0 Å². The van der Waals surface area contributed by atoms with E-state index in [0.29, 0.717) is 0 Å². The maximum Gasteiger partial charge on any atom is 0.0701 e. The average Bonchev–Trinajstić information content (AvgIpc) is 3.95. The van der Waals surface area contributed by atoms with Gasteiger partial charge in [-0.05, 0) is 126 Å². The van der Waals surface area contributed by atoms with Gasteiger partial charge < -0.3 is 4.57 Å². The third-order valence-electron chi connectivity index (χ3n) is 14.6. The summed E-state index contributed by atoms with van der Waals surface area (Å²) in [5.41, 5.74) is 21.9. The minimum absolute atomic E-state index is 0.0878. The summed E-state index contributed by atoms with van der Waals surface area (Å²) in [6.07, 6.45) is 0. The van der Waals surface area contributed by atoms with Gasteiger partial charge in [-0.15, -0.1) is 0 Å². The number of fused-ring (bicyclic) bond motifs is 6. The lowest BCUT2D eigenvalue weighted by molar-refractivity contribution is 0.742. The van der Waals surface area contributed by atoms with Gasteiger partial charge in [0.1, 0.15) is 0 Å². The Labute approximate surface area is 403 Å². The van der Waals surface area contributed by atoms with Crippen LogP contribution in [0.25, 0.3) is 72.0 Å². The fourth-order valence-corrected chi connectivity index (χ4v) is 11.5. The highest BCUT2D eigenvalue weighted by Gasteiger charge is 2.39. The molecule has 0 N–H and O–H groups in total. The van der Waals surface area contributed by atoms with Gasteiger partial charge in [0.15, 0.2) is 0 Å². The zero-order valence-corrected chi connectivity index (χ0v) is 38.1. The van der Waals surface area contributed by atoms with Gasteiger partial charge in [-0.3, -0.25) is 0 Å². The van der Waals surface area contributed by atoms with Gasteiger partial charge >= 0.3 is 0 Å². The van der Waals surface area contributed by atoms with Gasteiger partial charge in [0.25, 0.3) is 0 Å². The largest absolute Gasteiger partial charge is 0.309 e. The first-order chi connectivity index (χ1) is 34.2. The molecule has 0 saturated heterocycles. The van der Waals surface area contributed by atoms with Crippen LogP contribution in [-0.4, -0.2) is 4.57 Å². The van der Waals surface area contributed by atoms with E-state index in [9.17, 15) is 0 Å². The average molecular weight is 878 g/mol. The number of hydrogen-bond acceptors (Lipinski definition) is 0. The van der Waals surface area contributed by atoms with Gasteiger partial charge in [-0.1, -0.05) is 237 Å². The monoisotopic (exact) mass is 877 g/mol. The molecule has 0 saturated carbocycles. The topological polar surface area (TPSA) is 4.93 Å². The highest BCUT2D eigenvalue weighted by atomic mass is 15.0. The van der Waals surface area contributed by atoms with E-state index in [1.54, 1.807) is 0 Å². The molecule has 0 radical (unpaired) electrons. The highest BCUT2D eigenvalue weighted by molar-refractivity contribution is 6.10. The summed E-state index contributed by atoms with van der Waals surface area (Å²) in [4.78, 5) is 0. The lowest BCUT2D eigenvalue weighted by Gasteiger charge is -2.37. The van der Waals surface area contributed by atoms with Crippen LogP contribution in [-0.2, 0) is 5.41 Å². The summed E-state index contributed by atoms with van der Waals surface area (Å²) in [5.74, 6) is 0.0878. The Morgan fingerprint density at radius 1 is 0.275 bits per heavy atom. The molecule has 0 spiro atoms. The summed E-state index contributed by atoms with van der Waals surface area (Å²) < 4.78 is 2.42. The van der Waals surface area contributed by atoms with Crippen LogP contribution in [0, 0.1) is 0 Å². The number of para-hydroxylation sites is 1. The van der Waals surface area contributed by atoms with Crippen LogP contribution in [0.4, 0.5) is 0 Å². The second-order valence-corrected chi connectivity index (χ2v) is 18.4. The molecular formula is C68H47N. The summed E-state index contributed by atoms with van der Waals surface area (Å²) >= 11 is 0. The number of nitrogens with zero attached hydrogens (tertiary/aromatic N) is 1. The van der Waals surface area contributed by atoms with E-state index in [0.717, 1.165) is 5.69 Å². The summed E-state index contributed by atoms with van der Waals surface area (Å²) in [6.45, 7) is 0. The molecule has 0 aliphatic heterocycles. The molecule has 11 aromatic carbocycles. The number of aromatic nitrogens is 1. The molecule has 0 bridgehead atoms. The first-order valence-corrected chi connectivity index (χ1v) is 24.0. The van der Waals surface area contributed by atoms with E-state index in [2.05, 4.69) is 284 Å². The third-order valence-corrected chi connectivity index (χ3v) is 14.6. The van der Waals surface area contributed by atoms with Gasteiger partial charge in [-0.2, -0.15) is 0 Å². The molecule has 12 aromatic rings. The van der Waals surface area contributed by atoms with Crippen molar-refractivity contribution in [2.45, 2.75) is 11.3 Å². The number of hydrogen-bond donors (Lipinski definition) is 0. The van der Waals surface area contributed by atoms with E-state index in [1.165, 1.54) is 105 Å². The van der Waals surface area contributed by atoms with Gasteiger partial charge in [0.05, 0.1) is 16.4 Å². The predicted molar refractivity (Wildman–Crippen MR) is 288 cm³/mol. The van der Waals surface area contributed by atoms with Crippen LogP contribution in [0.2, 0.25) is 0 Å². The van der Waals surface area contributed by atoms with Gasteiger partial charge in [0, 0.05) is 22.4 Å². The number of rotatable bonds is 9. The van der Waals surface area contributed by atoms with Crippen LogP contribution >= 0.6 is 0 Å². The van der Waals surface area contributed by atoms with Crippen molar-refractivity contribution < 1.29 is 0 Å². The smallest absolute Gasteiger partial charge is 0.0701 e. The first kappa shape index (κ1) is 40.5. The SMILES string of the molecule is c1ccc(-c2cccc(-c3ccc(-n4c5ccccc5c5cc(-c6ccc7c(c6)-c6ccccc6C7c6cccc(C(c7ccccc7)(c7ccccc7)c7ccccc7)c6)ccc54)cc3)c2)cc1. The van der Waals surface area contributed by atoms with Crippen molar-refractivity contribution in [3.05, 3.63) is 318 Å². The van der Waals surface area contributed by atoms with Crippen LogP contribution in [0.15, 0.2) is 279 Å². The minimum Gasteiger partial charge on any atom is -0.309 e. The fourth-order valence-electron chi connectivity index (χ4n) is 11.5. The highest BCUT2D eigenvalue weighted by Crippen LogP contribution is 2.51. The maximum absolute atomic E-state index is 2.48. The molecule has 1 unspecified atom stereocenters. The van der Waals surface area contributed by atoms with Crippen molar-refractivity contribution in [3.63, 3.8) is 0 Å². The predicted octanol–water partition coefficient (Wildman–Crippen LogP) is 17.3. The molecule has 69 heavy (non-hydrogen) atoms. The van der Waals surface area contributed by atoms with Crippen molar-refractivity contribution in [1.29, 1.82) is 0 Å². The molecule has 1 heterocycles. The van der Waals surface area contributed by atoms with Crippen LogP contribution in [0.1, 0.15) is 44.9 Å². The lowest BCUT2D eigenvalue weighted by atomic mass is 9.64. The Morgan fingerprint density at radius 3 is 1.45 bits per heavy atom. The van der Waals surface area contributed by atoms with Crippen molar-refractivity contribution in [2.75, 3.05) is 0 Å². The summed E-state index contributed by atoms with van der Waals surface area (Å²) in [6, 6.07) is 103. The van der Waals surface area contributed by atoms with Crippen molar-refractivity contribution in [3.8, 4) is 50.2 Å². The molecule has 1 nitrogen and oxygen atoms in total. The van der Waals surface area contributed by atoms with E-state index in [4.69, 9.17) is 0 Å². The van der Waals surface area contributed by atoms with Crippen molar-refractivity contribution in [1.82, 2.24) is 4.57 Å². The third kappa shape index (κ3) is 6.77.